The van der Waals surface area contributed by atoms with Crippen molar-refractivity contribution in [2.75, 3.05) is 6.54 Å². The van der Waals surface area contributed by atoms with E-state index < -0.39 is 17.8 Å². The van der Waals surface area contributed by atoms with Crippen LogP contribution in [0.1, 0.15) is 32.8 Å². The third-order valence-corrected chi connectivity index (χ3v) is 3.36. The number of nitrogens with one attached hydrogen (secondary N) is 1. The summed E-state index contributed by atoms with van der Waals surface area (Å²) in [7, 11) is 0. The Morgan fingerprint density at radius 3 is 2.87 bits per heavy atom. The second kappa shape index (κ2) is 6.98. The molecule has 1 atom stereocenters. The maximum absolute atomic E-state index is 13.2. The normalized spacial score (nSPS) is 18.0. The minimum Gasteiger partial charge on any atom is -0.486 e. The molecule has 1 amide bonds. The maximum atomic E-state index is 13.2. The molecular weight excluding hydrogens is 304 g/mol. The molecule has 1 aromatic rings. The lowest BCUT2D eigenvalue weighted by atomic mass is 9.98. The molecule has 1 aromatic carbocycles. The summed E-state index contributed by atoms with van der Waals surface area (Å²) in [6, 6.07) is 4.26. The number of halogens is 2. The van der Waals surface area contributed by atoms with E-state index >= 15 is 0 Å². The molecule has 0 saturated carbocycles. The molecule has 0 saturated heterocycles. The molecule has 0 bridgehead atoms. The number of hydrogen-bond donors (Lipinski definition) is 1. The van der Waals surface area contributed by atoms with Gasteiger partial charge in [0.05, 0.1) is 6.33 Å². The van der Waals surface area contributed by atoms with Crippen molar-refractivity contribution in [1.29, 1.82) is 0 Å². The summed E-state index contributed by atoms with van der Waals surface area (Å²) in [5, 5.41) is 2.51. The van der Waals surface area contributed by atoms with E-state index in [1.807, 2.05) is 0 Å². The number of carbonyl (C=O) groups excluding carboxylic acids is 1. The fourth-order valence-electron chi connectivity index (χ4n) is 2.33. The predicted molar refractivity (Wildman–Crippen MR) is 82.6 cm³/mol. The minimum atomic E-state index is -0.617. The van der Waals surface area contributed by atoms with Crippen molar-refractivity contribution in [2.45, 2.75) is 45.3 Å². The highest BCUT2D eigenvalue weighted by atomic mass is 19.1. The van der Waals surface area contributed by atoms with Gasteiger partial charge < -0.3 is 14.8 Å². The van der Waals surface area contributed by atoms with Gasteiger partial charge in [-0.15, -0.1) is 0 Å². The predicted octanol–water partition coefficient (Wildman–Crippen LogP) is 3.90. The Kier molecular flexibility index (Phi) is 5.23. The van der Waals surface area contributed by atoms with E-state index in [9.17, 15) is 13.6 Å². The topological polar surface area (TPSA) is 47.6 Å². The number of fused-ring (bicyclic) bond motifs is 1. The van der Waals surface area contributed by atoms with Gasteiger partial charge in [-0.25, -0.2) is 13.6 Å². The largest absolute Gasteiger partial charge is 0.486 e. The van der Waals surface area contributed by atoms with Crippen LogP contribution in [-0.4, -0.2) is 24.3 Å². The molecular formula is C17H21F2NO3. The van der Waals surface area contributed by atoms with Gasteiger partial charge in [0.2, 0.25) is 0 Å². The zero-order valence-electron chi connectivity index (χ0n) is 13.5. The third kappa shape index (κ3) is 4.94. The van der Waals surface area contributed by atoms with E-state index in [-0.39, 0.29) is 12.4 Å². The van der Waals surface area contributed by atoms with Crippen LogP contribution < -0.4 is 10.1 Å². The average Bonchev–Trinajstić information content (AvgIpc) is 2.46. The number of rotatable bonds is 3. The molecule has 6 heteroatoms. The zero-order valence-corrected chi connectivity index (χ0v) is 13.5. The van der Waals surface area contributed by atoms with Gasteiger partial charge in [0, 0.05) is 12.1 Å². The van der Waals surface area contributed by atoms with E-state index in [0.29, 0.717) is 30.5 Å². The number of carbonyl (C=O) groups is 1. The van der Waals surface area contributed by atoms with Crippen LogP contribution >= 0.6 is 0 Å². The zero-order chi connectivity index (χ0) is 17.0. The van der Waals surface area contributed by atoms with Crippen LogP contribution in [0.2, 0.25) is 0 Å². The van der Waals surface area contributed by atoms with Crippen molar-refractivity contribution in [1.82, 2.24) is 5.32 Å². The van der Waals surface area contributed by atoms with Crippen LogP contribution in [-0.2, 0) is 11.2 Å². The van der Waals surface area contributed by atoms with Crippen LogP contribution in [0.5, 0.6) is 5.75 Å². The van der Waals surface area contributed by atoms with Gasteiger partial charge in [0.1, 0.15) is 23.3 Å². The van der Waals surface area contributed by atoms with Crippen molar-refractivity contribution in [3.8, 4) is 5.75 Å². The van der Waals surface area contributed by atoms with Crippen molar-refractivity contribution in [2.24, 2.45) is 0 Å². The Morgan fingerprint density at radius 2 is 2.22 bits per heavy atom. The van der Waals surface area contributed by atoms with Crippen LogP contribution in [0.4, 0.5) is 13.6 Å². The van der Waals surface area contributed by atoms with E-state index in [2.05, 4.69) is 5.32 Å². The molecule has 2 rings (SSSR count). The van der Waals surface area contributed by atoms with E-state index in [0.717, 1.165) is 5.56 Å². The lowest BCUT2D eigenvalue weighted by Gasteiger charge is -2.28. The molecule has 0 spiro atoms. The average molecular weight is 325 g/mol. The van der Waals surface area contributed by atoms with Gasteiger partial charge in [-0.05, 0) is 57.4 Å². The Balaban J connectivity index is 1.95. The van der Waals surface area contributed by atoms with Crippen LogP contribution in [0.15, 0.2) is 30.1 Å². The Hall–Kier alpha value is -2.11. The van der Waals surface area contributed by atoms with Gasteiger partial charge in [-0.2, -0.15) is 0 Å². The number of aryl methyl sites for hydroxylation is 1. The summed E-state index contributed by atoms with van der Waals surface area (Å²) in [6.45, 7) is 5.24. The number of ether oxygens (including phenoxy) is 2. The SMILES string of the molecule is CC(C)(C)OC(=O)NCC(=CF)C1CCc2cc(F)ccc2O1. The van der Waals surface area contributed by atoms with Crippen LogP contribution in [0.3, 0.4) is 0 Å². The fraction of sp³-hybridized carbons (Fsp3) is 0.471. The summed E-state index contributed by atoms with van der Waals surface area (Å²) < 4.78 is 37.2. The smallest absolute Gasteiger partial charge is 0.407 e. The molecule has 0 fully saturated rings. The first kappa shape index (κ1) is 17.2. The second-order valence-electron chi connectivity index (χ2n) is 6.44. The molecule has 1 N–H and O–H groups in total. The molecule has 0 aliphatic carbocycles. The highest BCUT2D eigenvalue weighted by Gasteiger charge is 2.25. The Labute approximate surface area is 134 Å². The van der Waals surface area contributed by atoms with E-state index in [4.69, 9.17) is 9.47 Å². The van der Waals surface area contributed by atoms with Gasteiger partial charge >= 0.3 is 6.09 Å². The van der Waals surface area contributed by atoms with Crippen molar-refractivity contribution < 1.29 is 23.0 Å². The standard InChI is InChI=1S/C17H21F2NO3/c1-17(2,3)23-16(21)20-10-12(9-18)15-6-4-11-8-13(19)5-7-14(11)22-15/h5,7-9,15H,4,6,10H2,1-3H3,(H,20,21). The van der Waals surface area contributed by atoms with Crippen LogP contribution in [0, 0.1) is 5.82 Å². The molecule has 4 nitrogen and oxygen atoms in total. The van der Waals surface area contributed by atoms with Crippen molar-refractivity contribution in [3.63, 3.8) is 0 Å². The summed E-state index contributed by atoms with van der Waals surface area (Å²) >= 11 is 0. The fourth-order valence-corrected chi connectivity index (χ4v) is 2.33. The number of benzene rings is 1. The molecule has 1 aliphatic rings. The summed E-state index contributed by atoms with van der Waals surface area (Å²) in [6.07, 6.45) is 0.434. The monoisotopic (exact) mass is 325 g/mol. The molecule has 0 radical (unpaired) electrons. The van der Waals surface area contributed by atoms with E-state index in [1.165, 1.54) is 18.2 Å². The van der Waals surface area contributed by atoms with Gasteiger partial charge in [-0.1, -0.05) is 0 Å². The second-order valence-corrected chi connectivity index (χ2v) is 6.44. The maximum Gasteiger partial charge on any atom is 0.407 e. The Morgan fingerprint density at radius 1 is 1.48 bits per heavy atom. The lowest BCUT2D eigenvalue weighted by Crippen LogP contribution is -2.36. The molecule has 126 valence electrons. The summed E-state index contributed by atoms with van der Waals surface area (Å²) in [5.74, 6) is 0.220. The van der Waals surface area contributed by atoms with E-state index in [1.54, 1.807) is 20.8 Å². The quantitative estimate of drug-likeness (QED) is 0.917. The first-order valence-electron chi connectivity index (χ1n) is 7.49. The Bertz CT molecular complexity index is 608. The van der Waals surface area contributed by atoms with Gasteiger partial charge in [0.25, 0.3) is 0 Å². The highest BCUT2D eigenvalue weighted by molar-refractivity contribution is 5.68. The lowest BCUT2D eigenvalue weighted by molar-refractivity contribution is 0.0529. The van der Waals surface area contributed by atoms with Crippen molar-refractivity contribution >= 4 is 6.09 Å². The number of amides is 1. The first-order valence-corrected chi connectivity index (χ1v) is 7.49. The van der Waals surface area contributed by atoms with Crippen LogP contribution in [0.25, 0.3) is 0 Å². The van der Waals surface area contributed by atoms with Gasteiger partial charge in [0.15, 0.2) is 0 Å². The summed E-state index contributed by atoms with van der Waals surface area (Å²) in [4.78, 5) is 11.6. The number of alkyl carbamates (subject to hydrolysis) is 1. The van der Waals surface area contributed by atoms with Gasteiger partial charge in [-0.3, -0.25) is 0 Å². The first-order chi connectivity index (χ1) is 10.8. The number of hydrogen-bond acceptors (Lipinski definition) is 3. The molecule has 1 heterocycles. The summed E-state index contributed by atoms with van der Waals surface area (Å²) in [5.41, 5.74) is 0.457. The third-order valence-electron chi connectivity index (χ3n) is 3.36. The minimum absolute atomic E-state index is 0.00733. The molecule has 1 aliphatic heterocycles. The molecule has 0 aromatic heterocycles. The molecule has 23 heavy (non-hydrogen) atoms. The van der Waals surface area contributed by atoms with Crippen molar-refractivity contribution in [3.05, 3.63) is 41.5 Å². The molecule has 1 unspecified atom stereocenters. The highest BCUT2D eigenvalue weighted by Crippen LogP contribution is 2.30.